The summed E-state index contributed by atoms with van der Waals surface area (Å²) in [7, 11) is -3.75. The van der Waals surface area contributed by atoms with Crippen molar-refractivity contribution in [3.8, 4) is 0 Å². The summed E-state index contributed by atoms with van der Waals surface area (Å²) in [5.74, 6) is 0.254. The minimum atomic E-state index is -3.75. The normalized spacial score (nSPS) is 12.3. The quantitative estimate of drug-likeness (QED) is 0.578. The number of hydrogen-bond acceptors (Lipinski definition) is 5. The standard InChI is InChI=1S/C14H11N3O2S3/c18-22(19,12-7-4-9-20-12)17-13(11-5-2-1-3-6-11)16-14-15-8-10-21-14/h1-10H,(H,15,16,17). The summed E-state index contributed by atoms with van der Waals surface area (Å²) in [6, 6.07) is 12.3. The van der Waals surface area contributed by atoms with Crippen molar-refractivity contribution in [1.82, 2.24) is 4.98 Å². The van der Waals surface area contributed by atoms with Crippen molar-refractivity contribution in [3.05, 3.63) is 65.0 Å². The van der Waals surface area contributed by atoms with E-state index < -0.39 is 10.0 Å². The zero-order valence-corrected chi connectivity index (χ0v) is 13.7. The van der Waals surface area contributed by atoms with Gasteiger partial charge < -0.3 is 5.32 Å². The maximum atomic E-state index is 12.4. The van der Waals surface area contributed by atoms with Crippen molar-refractivity contribution < 1.29 is 8.42 Å². The molecule has 0 aliphatic carbocycles. The third-order valence-electron chi connectivity index (χ3n) is 2.67. The summed E-state index contributed by atoms with van der Waals surface area (Å²) in [5.41, 5.74) is 0.679. The number of anilines is 1. The lowest BCUT2D eigenvalue weighted by atomic mass is 10.2. The Morgan fingerprint density at radius 2 is 1.86 bits per heavy atom. The van der Waals surface area contributed by atoms with Gasteiger partial charge in [-0.15, -0.1) is 27.1 Å². The molecule has 0 bridgehead atoms. The summed E-state index contributed by atoms with van der Waals surface area (Å²) < 4.78 is 28.9. The van der Waals surface area contributed by atoms with Crippen LogP contribution in [0.15, 0.2) is 68.0 Å². The molecule has 0 spiro atoms. The Hall–Kier alpha value is -2.03. The van der Waals surface area contributed by atoms with Crippen molar-refractivity contribution in [3.63, 3.8) is 0 Å². The second kappa shape index (κ2) is 6.39. The van der Waals surface area contributed by atoms with Gasteiger partial charge in [0.2, 0.25) is 0 Å². The van der Waals surface area contributed by atoms with Gasteiger partial charge in [0, 0.05) is 17.1 Å². The first kappa shape index (κ1) is 14.9. The van der Waals surface area contributed by atoms with Gasteiger partial charge in [-0.25, -0.2) is 4.98 Å². The molecule has 0 fully saturated rings. The van der Waals surface area contributed by atoms with E-state index in [1.165, 1.54) is 17.4 Å². The van der Waals surface area contributed by atoms with Crippen LogP contribution in [-0.4, -0.2) is 19.2 Å². The predicted octanol–water partition coefficient (Wildman–Crippen LogP) is 3.45. The van der Waals surface area contributed by atoms with E-state index in [-0.39, 0.29) is 10.0 Å². The highest BCUT2D eigenvalue weighted by Crippen LogP contribution is 2.20. The van der Waals surface area contributed by atoms with Gasteiger partial charge in [0.15, 0.2) is 11.0 Å². The number of sulfonamides is 1. The first-order chi connectivity index (χ1) is 10.6. The van der Waals surface area contributed by atoms with Gasteiger partial charge in [-0.3, -0.25) is 0 Å². The van der Waals surface area contributed by atoms with E-state index in [0.717, 1.165) is 11.3 Å². The number of thiazole rings is 1. The van der Waals surface area contributed by atoms with Crippen molar-refractivity contribution in [2.45, 2.75) is 4.21 Å². The van der Waals surface area contributed by atoms with Crippen LogP contribution < -0.4 is 5.32 Å². The summed E-state index contributed by atoms with van der Waals surface area (Å²) in [5, 5.41) is 7.07. The highest BCUT2D eigenvalue weighted by atomic mass is 32.2. The molecule has 112 valence electrons. The minimum absolute atomic E-state index is 0.210. The molecule has 1 aromatic carbocycles. The van der Waals surface area contributed by atoms with Crippen LogP contribution in [0.1, 0.15) is 5.56 Å². The smallest absolute Gasteiger partial charge is 0.293 e. The van der Waals surface area contributed by atoms with Crippen LogP contribution in [0.2, 0.25) is 0 Å². The molecule has 0 unspecified atom stereocenters. The maximum Gasteiger partial charge on any atom is 0.293 e. The van der Waals surface area contributed by atoms with Crippen LogP contribution in [0, 0.1) is 0 Å². The molecule has 0 amide bonds. The molecule has 2 aromatic heterocycles. The molecule has 3 rings (SSSR count). The second-order valence-corrected chi connectivity index (χ2v) is 7.85. The molecule has 8 heteroatoms. The fourth-order valence-electron chi connectivity index (χ4n) is 1.71. The van der Waals surface area contributed by atoms with E-state index in [1.807, 2.05) is 18.2 Å². The highest BCUT2D eigenvalue weighted by Gasteiger charge is 2.17. The number of aromatic nitrogens is 1. The van der Waals surface area contributed by atoms with E-state index in [1.54, 1.807) is 35.2 Å². The second-order valence-electron chi connectivity index (χ2n) is 4.18. The maximum absolute atomic E-state index is 12.4. The monoisotopic (exact) mass is 349 g/mol. The summed E-state index contributed by atoms with van der Waals surface area (Å²) in [4.78, 5) is 4.11. The summed E-state index contributed by atoms with van der Waals surface area (Å²) in [6.45, 7) is 0. The van der Waals surface area contributed by atoms with Crippen LogP contribution >= 0.6 is 22.7 Å². The van der Waals surface area contributed by atoms with E-state index in [2.05, 4.69) is 14.7 Å². The summed E-state index contributed by atoms with van der Waals surface area (Å²) in [6.07, 6.45) is 1.64. The SMILES string of the molecule is O=S(=O)(N=C(Nc1nccs1)c1ccccc1)c1cccs1. The Labute approximate surface area is 136 Å². The van der Waals surface area contributed by atoms with Gasteiger partial charge in [0.1, 0.15) is 4.21 Å². The number of benzene rings is 1. The van der Waals surface area contributed by atoms with E-state index >= 15 is 0 Å². The van der Waals surface area contributed by atoms with E-state index in [4.69, 9.17) is 0 Å². The van der Waals surface area contributed by atoms with Gasteiger partial charge in [0.25, 0.3) is 10.0 Å². The molecule has 1 N–H and O–H groups in total. The van der Waals surface area contributed by atoms with Gasteiger partial charge in [-0.1, -0.05) is 36.4 Å². The molecule has 0 saturated heterocycles. The van der Waals surface area contributed by atoms with Gasteiger partial charge in [-0.2, -0.15) is 8.42 Å². The molecule has 0 aliphatic rings. The molecule has 5 nitrogen and oxygen atoms in total. The van der Waals surface area contributed by atoms with Crippen molar-refractivity contribution in [1.29, 1.82) is 0 Å². The number of rotatable bonds is 4. The van der Waals surface area contributed by atoms with Crippen LogP contribution in [0.25, 0.3) is 0 Å². The Balaban J connectivity index is 2.03. The minimum Gasteiger partial charge on any atom is -0.315 e. The Morgan fingerprint density at radius 1 is 1.05 bits per heavy atom. The topological polar surface area (TPSA) is 71.4 Å². The molecule has 2 heterocycles. The average molecular weight is 349 g/mol. The lowest BCUT2D eigenvalue weighted by Crippen LogP contribution is -2.15. The number of hydrogen-bond donors (Lipinski definition) is 1. The van der Waals surface area contributed by atoms with Crippen molar-refractivity contribution in [2.24, 2.45) is 4.40 Å². The highest BCUT2D eigenvalue weighted by molar-refractivity contribution is 7.92. The van der Waals surface area contributed by atoms with Gasteiger partial charge in [-0.05, 0) is 11.4 Å². The van der Waals surface area contributed by atoms with Gasteiger partial charge in [0.05, 0.1) is 0 Å². The van der Waals surface area contributed by atoms with E-state index in [9.17, 15) is 8.42 Å². The molecule has 0 radical (unpaired) electrons. The van der Waals surface area contributed by atoms with Crippen LogP contribution in [-0.2, 0) is 10.0 Å². The van der Waals surface area contributed by atoms with Crippen molar-refractivity contribution in [2.75, 3.05) is 5.32 Å². The zero-order valence-electron chi connectivity index (χ0n) is 11.2. The number of amidine groups is 1. The van der Waals surface area contributed by atoms with Crippen LogP contribution in [0.4, 0.5) is 5.13 Å². The molecule has 0 aliphatic heterocycles. The number of nitrogens with zero attached hydrogens (tertiary/aromatic N) is 2. The molecule has 0 saturated carbocycles. The molecular formula is C14H11N3O2S3. The third kappa shape index (κ3) is 3.41. The fraction of sp³-hybridized carbons (Fsp3) is 0. The number of nitrogens with one attached hydrogen (secondary N) is 1. The lowest BCUT2D eigenvalue weighted by molar-refractivity contribution is 0.600. The average Bonchev–Trinajstić information content (AvgIpc) is 3.21. The number of thiophene rings is 1. The molecule has 0 atom stereocenters. The first-order valence-corrected chi connectivity index (χ1v) is 9.45. The molecule has 3 aromatic rings. The molecular weight excluding hydrogens is 338 g/mol. The Kier molecular flexibility index (Phi) is 4.32. The van der Waals surface area contributed by atoms with E-state index in [0.29, 0.717) is 10.7 Å². The largest absolute Gasteiger partial charge is 0.315 e. The summed E-state index contributed by atoms with van der Waals surface area (Å²) >= 11 is 2.51. The van der Waals surface area contributed by atoms with Gasteiger partial charge >= 0.3 is 0 Å². The Bertz CT molecular complexity index is 855. The third-order valence-corrected chi connectivity index (χ3v) is 6.00. The lowest BCUT2D eigenvalue weighted by Gasteiger charge is -2.07. The zero-order chi connectivity index (χ0) is 15.4. The fourth-order valence-corrected chi connectivity index (χ4v) is 4.18. The predicted molar refractivity (Wildman–Crippen MR) is 90.2 cm³/mol. The van der Waals surface area contributed by atoms with Crippen LogP contribution in [0.5, 0.6) is 0 Å². The Morgan fingerprint density at radius 3 is 2.50 bits per heavy atom. The first-order valence-electron chi connectivity index (χ1n) is 6.25. The van der Waals surface area contributed by atoms with Crippen LogP contribution in [0.3, 0.4) is 0 Å². The van der Waals surface area contributed by atoms with Crippen molar-refractivity contribution >= 4 is 43.7 Å². The molecule has 22 heavy (non-hydrogen) atoms.